The number of benzene rings is 2. The maximum absolute atomic E-state index is 12.7. The molecule has 0 radical (unpaired) electrons. The minimum atomic E-state index is -3.73. The maximum atomic E-state index is 12.7. The molecule has 0 atom stereocenters. The van der Waals surface area contributed by atoms with Crippen LogP contribution in [0.1, 0.15) is 24.0 Å². The van der Waals surface area contributed by atoms with Gasteiger partial charge in [-0.05, 0) is 49.1 Å². The van der Waals surface area contributed by atoms with Gasteiger partial charge in [-0.15, -0.1) is 0 Å². The molecule has 0 saturated heterocycles. The highest BCUT2D eigenvalue weighted by Crippen LogP contribution is 2.28. The number of nitrogens with zero attached hydrogens (tertiary/aromatic N) is 2. The van der Waals surface area contributed by atoms with Crippen molar-refractivity contribution in [1.29, 1.82) is 0 Å². The molecule has 0 unspecified atom stereocenters. The van der Waals surface area contributed by atoms with Crippen LogP contribution in [0.4, 0.5) is 5.69 Å². The number of nitro benzene ring substituents is 1. The van der Waals surface area contributed by atoms with Crippen LogP contribution in [0.3, 0.4) is 0 Å². The molecule has 31 heavy (non-hydrogen) atoms. The van der Waals surface area contributed by atoms with Crippen molar-refractivity contribution in [2.24, 2.45) is 0 Å². The number of rotatable bonds is 10. The number of non-ortho nitro benzene ring substituents is 1. The van der Waals surface area contributed by atoms with Crippen LogP contribution in [0, 0.1) is 10.1 Å². The van der Waals surface area contributed by atoms with Crippen molar-refractivity contribution in [3.05, 3.63) is 57.6 Å². The number of hydrogen-bond acceptors (Lipinski definition) is 7. The van der Waals surface area contributed by atoms with Crippen molar-refractivity contribution < 1.29 is 22.8 Å². The van der Waals surface area contributed by atoms with Gasteiger partial charge < -0.3 is 9.47 Å². The second kappa shape index (κ2) is 10.1. The van der Waals surface area contributed by atoms with Crippen molar-refractivity contribution in [1.82, 2.24) is 9.62 Å². The van der Waals surface area contributed by atoms with Crippen molar-refractivity contribution in [3.63, 3.8) is 0 Å². The third-order valence-corrected chi connectivity index (χ3v) is 6.83. The van der Waals surface area contributed by atoms with Gasteiger partial charge in [0.1, 0.15) is 16.4 Å². The second-order valence-electron chi connectivity index (χ2n) is 7.36. The Morgan fingerprint density at radius 1 is 1.10 bits per heavy atom. The molecule has 0 spiro atoms. The van der Waals surface area contributed by atoms with E-state index in [2.05, 4.69) is 9.62 Å². The summed E-state index contributed by atoms with van der Waals surface area (Å²) in [6, 6.07) is 9.68. The molecule has 10 heteroatoms. The number of nitro groups is 1. The van der Waals surface area contributed by atoms with Gasteiger partial charge in [-0.3, -0.25) is 15.0 Å². The summed E-state index contributed by atoms with van der Waals surface area (Å²) in [5.74, 6) is 0.696. The highest BCUT2D eigenvalue weighted by atomic mass is 32.2. The maximum Gasteiger partial charge on any atom is 0.269 e. The van der Waals surface area contributed by atoms with Crippen LogP contribution in [0.25, 0.3) is 0 Å². The largest absolute Gasteiger partial charge is 0.497 e. The van der Waals surface area contributed by atoms with Gasteiger partial charge in [0, 0.05) is 37.8 Å². The molecular weight excluding hydrogens is 422 g/mol. The zero-order valence-electron chi connectivity index (χ0n) is 17.7. The van der Waals surface area contributed by atoms with Crippen LogP contribution >= 0.6 is 0 Å². The van der Waals surface area contributed by atoms with E-state index in [1.807, 2.05) is 6.07 Å². The lowest BCUT2D eigenvalue weighted by Gasteiger charge is -2.28. The Morgan fingerprint density at radius 3 is 2.61 bits per heavy atom. The average Bonchev–Trinajstić information content (AvgIpc) is 2.77. The first-order valence-corrected chi connectivity index (χ1v) is 11.5. The standard InChI is InChI=1S/C21H27N3O6S/c1-29-19-7-8-20(30-2)21(14-19)31(27,28)22-10-3-4-11-23-12-9-16-5-6-18(24(25)26)13-17(16)15-23/h5-8,13-14,22H,3-4,9-12,15H2,1-2H3. The molecule has 2 aromatic carbocycles. The molecule has 0 saturated carbocycles. The van der Waals surface area contributed by atoms with Gasteiger partial charge in [0.25, 0.3) is 5.69 Å². The Morgan fingerprint density at radius 2 is 1.90 bits per heavy atom. The zero-order valence-corrected chi connectivity index (χ0v) is 18.5. The molecular formula is C21H27N3O6S. The Kier molecular flexibility index (Phi) is 7.47. The minimum absolute atomic E-state index is 0.0450. The Hall–Kier alpha value is -2.69. The third kappa shape index (κ3) is 5.72. The molecule has 0 bridgehead atoms. The first-order valence-electron chi connectivity index (χ1n) is 10.0. The molecule has 0 fully saturated rings. The second-order valence-corrected chi connectivity index (χ2v) is 9.09. The van der Waals surface area contributed by atoms with E-state index >= 15 is 0 Å². The summed E-state index contributed by atoms with van der Waals surface area (Å²) in [7, 11) is -0.828. The number of ether oxygens (including phenoxy) is 2. The fourth-order valence-corrected chi connectivity index (χ4v) is 4.90. The van der Waals surface area contributed by atoms with Crippen molar-refractivity contribution in [2.75, 3.05) is 33.9 Å². The van der Waals surface area contributed by atoms with Crippen LogP contribution in [0.15, 0.2) is 41.3 Å². The zero-order chi connectivity index (χ0) is 22.4. The third-order valence-electron chi connectivity index (χ3n) is 5.35. The SMILES string of the molecule is COc1ccc(OC)c(S(=O)(=O)NCCCCN2CCc3ccc([N+](=O)[O-])cc3C2)c1. The predicted octanol–water partition coefficient (Wildman–Crippen LogP) is 2.73. The van der Waals surface area contributed by atoms with Crippen LogP contribution in [-0.2, 0) is 23.0 Å². The minimum Gasteiger partial charge on any atom is -0.497 e. The summed E-state index contributed by atoms with van der Waals surface area (Å²) in [5.41, 5.74) is 2.26. The van der Waals surface area contributed by atoms with Gasteiger partial charge in [-0.2, -0.15) is 0 Å². The topological polar surface area (TPSA) is 111 Å². The summed E-state index contributed by atoms with van der Waals surface area (Å²) in [4.78, 5) is 12.9. The fourth-order valence-electron chi connectivity index (χ4n) is 3.65. The summed E-state index contributed by atoms with van der Waals surface area (Å²) < 4.78 is 38.2. The first-order chi connectivity index (χ1) is 14.8. The lowest BCUT2D eigenvalue weighted by atomic mass is 9.99. The van der Waals surface area contributed by atoms with E-state index in [4.69, 9.17) is 9.47 Å². The molecule has 1 aliphatic heterocycles. The number of fused-ring (bicyclic) bond motifs is 1. The van der Waals surface area contributed by atoms with Gasteiger partial charge in [-0.1, -0.05) is 6.07 Å². The van der Waals surface area contributed by atoms with E-state index < -0.39 is 10.0 Å². The van der Waals surface area contributed by atoms with E-state index in [0.29, 0.717) is 25.3 Å². The van der Waals surface area contributed by atoms with E-state index in [-0.39, 0.29) is 21.3 Å². The van der Waals surface area contributed by atoms with Gasteiger partial charge >= 0.3 is 0 Å². The Bertz CT molecular complexity index is 1040. The molecule has 0 aromatic heterocycles. The molecule has 0 aliphatic carbocycles. The lowest BCUT2D eigenvalue weighted by molar-refractivity contribution is -0.385. The summed E-state index contributed by atoms with van der Waals surface area (Å²) in [6.07, 6.45) is 2.33. The van der Waals surface area contributed by atoms with Crippen LogP contribution in [0.2, 0.25) is 0 Å². The van der Waals surface area contributed by atoms with Crippen LogP contribution < -0.4 is 14.2 Å². The first kappa shape index (κ1) is 23.0. The van der Waals surface area contributed by atoms with E-state index in [1.165, 1.54) is 20.3 Å². The molecule has 1 aliphatic rings. The van der Waals surface area contributed by atoms with Crippen molar-refractivity contribution in [2.45, 2.75) is 30.7 Å². The predicted molar refractivity (Wildman–Crippen MR) is 116 cm³/mol. The number of nitrogens with one attached hydrogen (secondary N) is 1. The van der Waals surface area contributed by atoms with Gasteiger partial charge in [0.2, 0.25) is 10.0 Å². The van der Waals surface area contributed by atoms with E-state index in [1.54, 1.807) is 24.3 Å². The monoisotopic (exact) mass is 449 g/mol. The summed E-state index contributed by atoms with van der Waals surface area (Å²) in [6.45, 7) is 2.66. The lowest BCUT2D eigenvalue weighted by Crippen LogP contribution is -2.32. The smallest absolute Gasteiger partial charge is 0.269 e. The molecule has 168 valence electrons. The summed E-state index contributed by atoms with van der Waals surface area (Å²) >= 11 is 0. The number of sulfonamides is 1. The van der Waals surface area contributed by atoms with Crippen molar-refractivity contribution >= 4 is 15.7 Å². The highest BCUT2D eigenvalue weighted by molar-refractivity contribution is 7.89. The Labute approximate surface area is 182 Å². The average molecular weight is 450 g/mol. The highest BCUT2D eigenvalue weighted by Gasteiger charge is 2.21. The molecule has 1 heterocycles. The van der Waals surface area contributed by atoms with Gasteiger partial charge in [0.05, 0.1) is 19.1 Å². The van der Waals surface area contributed by atoms with Gasteiger partial charge in [-0.25, -0.2) is 13.1 Å². The van der Waals surface area contributed by atoms with Crippen LogP contribution in [0.5, 0.6) is 11.5 Å². The van der Waals surface area contributed by atoms with E-state index in [0.717, 1.165) is 37.1 Å². The molecule has 1 N–H and O–H groups in total. The molecule has 0 amide bonds. The number of hydrogen-bond donors (Lipinski definition) is 1. The molecule has 3 rings (SSSR count). The van der Waals surface area contributed by atoms with Gasteiger partial charge in [0.15, 0.2) is 0 Å². The number of methoxy groups -OCH3 is 2. The quantitative estimate of drug-likeness (QED) is 0.337. The van der Waals surface area contributed by atoms with Crippen LogP contribution in [-0.4, -0.2) is 52.1 Å². The summed E-state index contributed by atoms with van der Waals surface area (Å²) in [5, 5.41) is 11.0. The molecule has 9 nitrogen and oxygen atoms in total. The number of unbranched alkanes of at least 4 members (excludes halogenated alkanes) is 1. The molecule has 2 aromatic rings. The Balaban J connectivity index is 1.49. The van der Waals surface area contributed by atoms with E-state index in [9.17, 15) is 18.5 Å². The van der Waals surface area contributed by atoms with Crippen molar-refractivity contribution in [3.8, 4) is 11.5 Å². The normalized spacial score (nSPS) is 14.1. The fraction of sp³-hybridized carbons (Fsp3) is 0.429.